The Hall–Kier alpha value is -3.14. The van der Waals surface area contributed by atoms with Crippen LogP contribution in [0, 0.1) is 23.7 Å². The summed E-state index contributed by atoms with van der Waals surface area (Å²) in [6.07, 6.45) is 0.641. The first-order valence-corrected chi connectivity index (χ1v) is 9.33. The molecule has 1 amide bonds. The fraction of sp³-hybridized carbons (Fsp3) is 0.429. The quantitative estimate of drug-likeness (QED) is 0.705. The molecule has 28 heavy (non-hydrogen) atoms. The van der Waals surface area contributed by atoms with Crippen LogP contribution < -0.4 is 16.0 Å². The van der Waals surface area contributed by atoms with Gasteiger partial charge in [0.15, 0.2) is 5.82 Å². The topological polar surface area (TPSA) is 103 Å². The van der Waals surface area contributed by atoms with Crippen molar-refractivity contribution in [3.63, 3.8) is 0 Å². The predicted octanol–water partition coefficient (Wildman–Crippen LogP) is 3.78. The van der Waals surface area contributed by atoms with Crippen LogP contribution in [-0.2, 0) is 6.42 Å². The van der Waals surface area contributed by atoms with Gasteiger partial charge in [0, 0.05) is 31.3 Å². The molecule has 2 rings (SSSR count). The van der Waals surface area contributed by atoms with Crippen LogP contribution in [0.15, 0.2) is 18.2 Å². The first-order chi connectivity index (χ1) is 13.2. The molecule has 3 N–H and O–H groups in total. The zero-order chi connectivity index (χ0) is 20.9. The van der Waals surface area contributed by atoms with Crippen molar-refractivity contribution >= 4 is 23.2 Å². The maximum atomic E-state index is 12.0. The van der Waals surface area contributed by atoms with Gasteiger partial charge in [-0.05, 0) is 30.0 Å². The van der Waals surface area contributed by atoms with Gasteiger partial charge in [-0.1, -0.05) is 33.8 Å². The Balaban J connectivity index is 2.48. The highest BCUT2D eigenvalue weighted by molar-refractivity contribution is 5.95. The van der Waals surface area contributed by atoms with Gasteiger partial charge < -0.3 is 16.0 Å². The molecule has 0 saturated heterocycles. The number of nitriles is 1. The summed E-state index contributed by atoms with van der Waals surface area (Å²) in [7, 11) is 1.59. The van der Waals surface area contributed by atoms with E-state index >= 15 is 0 Å². The minimum absolute atomic E-state index is 0.0378. The molecule has 148 valence electrons. The van der Waals surface area contributed by atoms with E-state index in [4.69, 9.17) is 0 Å². The van der Waals surface area contributed by atoms with Gasteiger partial charge >= 0.3 is 0 Å². The molecular weight excluding hydrogens is 352 g/mol. The molecule has 1 aromatic carbocycles. The van der Waals surface area contributed by atoms with Gasteiger partial charge in [0.1, 0.15) is 23.3 Å². The van der Waals surface area contributed by atoms with E-state index in [9.17, 15) is 10.1 Å². The fourth-order valence-electron chi connectivity index (χ4n) is 2.51. The molecule has 0 aliphatic rings. The van der Waals surface area contributed by atoms with E-state index in [1.54, 1.807) is 19.2 Å². The summed E-state index contributed by atoms with van der Waals surface area (Å²) in [5, 5.41) is 18.9. The predicted molar refractivity (Wildman–Crippen MR) is 112 cm³/mol. The van der Waals surface area contributed by atoms with Crippen molar-refractivity contribution in [3.8, 4) is 6.07 Å². The van der Waals surface area contributed by atoms with Gasteiger partial charge in [0.25, 0.3) is 5.91 Å². The van der Waals surface area contributed by atoms with Crippen molar-refractivity contribution in [2.24, 2.45) is 5.41 Å². The summed E-state index contributed by atoms with van der Waals surface area (Å²) < 4.78 is 0. The molecule has 0 radical (unpaired) electrons. The molecule has 0 bridgehead atoms. The Morgan fingerprint density at radius 3 is 2.46 bits per heavy atom. The molecule has 7 heteroatoms. The number of aryl methyl sites for hydroxylation is 2. The van der Waals surface area contributed by atoms with Gasteiger partial charge in [-0.3, -0.25) is 4.79 Å². The number of benzene rings is 1. The van der Waals surface area contributed by atoms with E-state index in [1.807, 2.05) is 19.9 Å². The maximum Gasteiger partial charge on any atom is 0.251 e. The minimum atomic E-state index is -0.173. The summed E-state index contributed by atoms with van der Waals surface area (Å²) in [6.45, 7) is 10.9. The lowest BCUT2D eigenvalue weighted by molar-refractivity contribution is 0.0963. The van der Waals surface area contributed by atoms with Gasteiger partial charge in [0.05, 0.1) is 0 Å². The zero-order valence-electron chi connectivity index (χ0n) is 17.4. The molecule has 1 aromatic heterocycles. The number of rotatable bonds is 6. The van der Waals surface area contributed by atoms with Crippen LogP contribution >= 0.6 is 0 Å². The fourth-order valence-corrected chi connectivity index (χ4v) is 2.51. The third-order valence-electron chi connectivity index (χ3n) is 4.15. The number of hydrogen-bond donors (Lipinski definition) is 3. The summed E-state index contributed by atoms with van der Waals surface area (Å²) >= 11 is 0. The van der Waals surface area contributed by atoms with Crippen LogP contribution in [0.4, 0.5) is 17.3 Å². The Bertz CT molecular complexity index is 908. The van der Waals surface area contributed by atoms with E-state index in [2.05, 4.69) is 52.8 Å². The van der Waals surface area contributed by atoms with E-state index in [-0.39, 0.29) is 11.3 Å². The molecule has 7 nitrogen and oxygen atoms in total. The number of nitrogens with zero attached hydrogens (tertiary/aromatic N) is 3. The lowest BCUT2D eigenvalue weighted by atomic mass is 9.97. The van der Waals surface area contributed by atoms with Gasteiger partial charge in [0.2, 0.25) is 0 Å². The Morgan fingerprint density at radius 2 is 1.89 bits per heavy atom. The van der Waals surface area contributed by atoms with Crippen LogP contribution in [-0.4, -0.2) is 29.5 Å². The van der Waals surface area contributed by atoms with Crippen molar-refractivity contribution in [2.45, 2.75) is 41.0 Å². The monoisotopic (exact) mass is 380 g/mol. The van der Waals surface area contributed by atoms with Crippen molar-refractivity contribution in [1.82, 2.24) is 15.3 Å². The number of amides is 1. The third-order valence-corrected chi connectivity index (χ3v) is 4.15. The van der Waals surface area contributed by atoms with Crippen molar-refractivity contribution in [1.29, 1.82) is 5.26 Å². The molecule has 0 saturated carbocycles. The molecule has 0 fully saturated rings. The average Bonchev–Trinajstić information content (AvgIpc) is 2.66. The first kappa shape index (κ1) is 21.2. The second kappa shape index (κ2) is 8.70. The van der Waals surface area contributed by atoms with Crippen LogP contribution in [0.25, 0.3) is 0 Å². The lowest BCUT2D eigenvalue weighted by Gasteiger charge is -2.21. The van der Waals surface area contributed by atoms with Crippen LogP contribution in [0.2, 0.25) is 0 Å². The second-order valence-corrected chi connectivity index (χ2v) is 7.83. The average molecular weight is 380 g/mol. The number of nitrogens with one attached hydrogen (secondary N) is 3. The highest BCUT2D eigenvalue weighted by Gasteiger charge is 2.18. The summed E-state index contributed by atoms with van der Waals surface area (Å²) in [6, 6.07) is 7.59. The molecule has 0 unspecified atom stereocenters. The number of carbonyl (C=O) groups is 1. The largest absolute Gasteiger partial charge is 0.368 e. The van der Waals surface area contributed by atoms with E-state index < -0.39 is 0 Å². The number of carbonyl (C=O) groups excluding carboxylic acids is 1. The van der Waals surface area contributed by atoms with Crippen LogP contribution in [0.3, 0.4) is 0 Å². The normalized spacial score (nSPS) is 10.9. The summed E-state index contributed by atoms with van der Waals surface area (Å²) in [4.78, 5) is 21.0. The minimum Gasteiger partial charge on any atom is -0.368 e. The van der Waals surface area contributed by atoms with Crippen molar-refractivity contribution < 1.29 is 4.79 Å². The van der Waals surface area contributed by atoms with E-state index in [1.165, 1.54) is 0 Å². The Morgan fingerprint density at radius 1 is 1.21 bits per heavy atom. The highest BCUT2D eigenvalue weighted by atomic mass is 16.1. The second-order valence-electron chi connectivity index (χ2n) is 7.83. The maximum absolute atomic E-state index is 12.0. The van der Waals surface area contributed by atoms with Gasteiger partial charge in [-0.15, -0.1) is 0 Å². The number of hydrogen-bond acceptors (Lipinski definition) is 6. The summed E-state index contributed by atoms with van der Waals surface area (Å²) in [5.41, 5.74) is 2.59. The first-order valence-electron chi connectivity index (χ1n) is 9.33. The molecule has 0 atom stereocenters. The molecule has 2 aromatic rings. The molecule has 0 aliphatic heterocycles. The third kappa shape index (κ3) is 5.19. The molecule has 0 aliphatic carbocycles. The zero-order valence-corrected chi connectivity index (χ0v) is 17.4. The van der Waals surface area contributed by atoms with Crippen LogP contribution in [0.5, 0.6) is 0 Å². The smallest absolute Gasteiger partial charge is 0.251 e. The Kier molecular flexibility index (Phi) is 6.57. The van der Waals surface area contributed by atoms with Crippen molar-refractivity contribution in [2.75, 3.05) is 24.2 Å². The van der Waals surface area contributed by atoms with Crippen LogP contribution in [0.1, 0.15) is 55.0 Å². The lowest BCUT2D eigenvalue weighted by Crippen LogP contribution is -2.21. The van der Waals surface area contributed by atoms with Gasteiger partial charge in [-0.25, -0.2) is 9.97 Å². The number of aromatic nitrogens is 2. The van der Waals surface area contributed by atoms with E-state index in [0.717, 1.165) is 11.3 Å². The van der Waals surface area contributed by atoms with E-state index in [0.29, 0.717) is 41.6 Å². The Labute approximate surface area is 166 Å². The molecular formula is C21H28N6O. The SMILES string of the molecule is CCc1nc(NCC(C)(C)C)c(C#N)c(Nc2cc(C(=O)NC)ccc2C)n1. The van der Waals surface area contributed by atoms with Crippen molar-refractivity contribution in [3.05, 3.63) is 40.7 Å². The standard InChI is InChI=1S/C21H28N6O/c1-7-17-26-18(24-12-21(3,4)5)15(11-22)19(27-17)25-16-10-14(20(28)23-6)9-8-13(16)2/h8-10H,7,12H2,1-6H3,(H,23,28)(H2,24,25,26,27). The molecule has 0 spiro atoms. The molecule has 1 heterocycles. The highest BCUT2D eigenvalue weighted by Crippen LogP contribution is 2.27. The number of anilines is 3. The van der Waals surface area contributed by atoms with Gasteiger partial charge in [-0.2, -0.15) is 5.26 Å². The summed E-state index contributed by atoms with van der Waals surface area (Å²) in [5.74, 6) is 1.42.